The average molecular weight is 372 g/mol. The van der Waals surface area contributed by atoms with Gasteiger partial charge in [0.25, 0.3) is 5.91 Å². The van der Waals surface area contributed by atoms with Crippen molar-refractivity contribution in [3.8, 4) is 0 Å². The van der Waals surface area contributed by atoms with Gasteiger partial charge >= 0.3 is 0 Å². The molecule has 0 saturated carbocycles. The molecule has 6 nitrogen and oxygen atoms in total. The molecule has 2 amide bonds. The molecular weight excluding hydrogens is 348 g/mol. The number of benzene rings is 1. The zero-order valence-corrected chi connectivity index (χ0v) is 16.0. The lowest BCUT2D eigenvalue weighted by molar-refractivity contribution is -0.133. The van der Waals surface area contributed by atoms with Gasteiger partial charge in [0.1, 0.15) is 4.88 Å². The van der Waals surface area contributed by atoms with E-state index in [0.717, 1.165) is 29.2 Å². The molecule has 3 rings (SSSR count). The van der Waals surface area contributed by atoms with Crippen LogP contribution in [0.3, 0.4) is 0 Å². The molecule has 1 aliphatic heterocycles. The van der Waals surface area contributed by atoms with Gasteiger partial charge in [0.05, 0.1) is 5.69 Å². The third-order valence-electron chi connectivity index (χ3n) is 4.83. The van der Waals surface area contributed by atoms with E-state index < -0.39 is 0 Å². The Balaban J connectivity index is 1.79. The van der Waals surface area contributed by atoms with Gasteiger partial charge in [-0.3, -0.25) is 9.59 Å². The van der Waals surface area contributed by atoms with Gasteiger partial charge in [-0.2, -0.15) is 0 Å². The molecule has 1 unspecified atom stereocenters. The van der Waals surface area contributed by atoms with Crippen LogP contribution >= 0.6 is 11.5 Å². The van der Waals surface area contributed by atoms with Crippen LogP contribution in [0.25, 0.3) is 0 Å². The highest BCUT2D eigenvalue weighted by molar-refractivity contribution is 7.08. The summed E-state index contributed by atoms with van der Waals surface area (Å²) in [5, 5.41) is 4.04. The second-order valence-electron chi connectivity index (χ2n) is 6.47. The molecule has 2 heterocycles. The van der Waals surface area contributed by atoms with Crippen LogP contribution in [0.1, 0.15) is 47.6 Å². The van der Waals surface area contributed by atoms with E-state index >= 15 is 0 Å². The minimum Gasteiger partial charge on any atom is -0.335 e. The lowest BCUT2D eigenvalue weighted by Gasteiger charge is -2.31. The number of carbonyl (C=O) groups is 2. The van der Waals surface area contributed by atoms with Gasteiger partial charge in [-0.15, -0.1) is 5.10 Å². The van der Waals surface area contributed by atoms with Crippen molar-refractivity contribution in [2.45, 2.75) is 45.7 Å². The summed E-state index contributed by atoms with van der Waals surface area (Å²) in [6.07, 6.45) is 1.84. The standard InChI is InChI=1S/C19H24N4O2S/c1-3-15-13-22(19(25)18-16(4-2)20-21-26-18)11-10-17(24)23(15)12-14-8-6-5-7-9-14/h5-9,15H,3-4,10-13H2,1-2H3. The van der Waals surface area contributed by atoms with E-state index in [4.69, 9.17) is 0 Å². The predicted octanol–water partition coefficient (Wildman–Crippen LogP) is 2.75. The minimum absolute atomic E-state index is 0.0140. The van der Waals surface area contributed by atoms with E-state index in [9.17, 15) is 9.59 Å². The summed E-state index contributed by atoms with van der Waals surface area (Å²) in [4.78, 5) is 30.0. The molecule has 0 radical (unpaired) electrons. The van der Waals surface area contributed by atoms with Crippen molar-refractivity contribution >= 4 is 23.3 Å². The van der Waals surface area contributed by atoms with E-state index in [-0.39, 0.29) is 17.9 Å². The van der Waals surface area contributed by atoms with Gasteiger partial charge in [0.2, 0.25) is 5.91 Å². The van der Waals surface area contributed by atoms with Crippen molar-refractivity contribution in [3.05, 3.63) is 46.5 Å². The molecule has 7 heteroatoms. The van der Waals surface area contributed by atoms with Gasteiger partial charge in [0.15, 0.2) is 0 Å². The first kappa shape index (κ1) is 18.5. The highest BCUT2D eigenvalue weighted by atomic mass is 32.1. The number of carbonyl (C=O) groups excluding carboxylic acids is 2. The Hall–Kier alpha value is -2.28. The maximum absolute atomic E-state index is 13.0. The number of amides is 2. The van der Waals surface area contributed by atoms with Gasteiger partial charge < -0.3 is 9.80 Å². The van der Waals surface area contributed by atoms with Crippen LogP contribution in [0, 0.1) is 0 Å². The van der Waals surface area contributed by atoms with Crippen LogP contribution in [0.5, 0.6) is 0 Å². The molecule has 26 heavy (non-hydrogen) atoms. The summed E-state index contributed by atoms with van der Waals surface area (Å²) in [7, 11) is 0. The Morgan fingerprint density at radius 3 is 2.73 bits per heavy atom. The summed E-state index contributed by atoms with van der Waals surface area (Å²) in [5.41, 5.74) is 1.85. The number of aryl methyl sites for hydroxylation is 1. The third kappa shape index (κ3) is 3.93. The zero-order valence-electron chi connectivity index (χ0n) is 15.2. The Kier molecular flexibility index (Phi) is 5.98. The van der Waals surface area contributed by atoms with Crippen LogP contribution < -0.4 is 0 Å². The van der Waals surface area contributed by atoms with E-state index in [1.54, 1.807) is 4.90 Å². The number of rotatable bonds is 5. The number of aromatic nitrogens is 2. The molecule has 2 aromatic rings. The second-order valence-corrected chi connectivity index (χ2v) is 7.23. The molecule has 138 valence electrons. The zero-order chi connectivity index (χ0) is 18.5. The highest BCUT2D eigenvalue weighted by Crippen LogP contribution is 2.21. The second kappa shape index (κ2) is 8.40. The summed E-state index contributed by atoms with van der Waals surface area (Å²) in [6, 6.07) is 10.0. The average Bonchev–Trinajstić information content (AvgIpc) is 3.09. The monoisotopic (exact) mass is 372 g/mol. The van der Waals surface area contributed by atoms with Crippen LogP contribution in [0.4, 0.5) is 0 Å². The van der Waals surface area contributed by atoms with Crippen molar-refractivity contribution < 1.29 is 9.59 Å². The van der Waals surface area contributed by atoms with Crippen LogP contribution in [-0.2, 0) is 17.8 Å². The summed E-state index contributed by atoms with van der Waals surface area (Å²) < 4.78 is 3.92. The molecular formula is C19H24N4O2S. The summed E-state index contributed by atoms with van der Waals surface area (Å²) in [6.45, 7) is 5.61. The molecule has 1 aromatic heterocycles. The molecule has 1 atom stereocenters. The van der Waals surface area contributed by atoms with E-state index in [2.05, 4.69) is 16.5 Å². The molecule has 1 saturated heterocycles. The van der Waals surface area contributed by atoms with Crippen molar-refractivity contribution in [3.63, 3.8) is 0 Å². The molecule has 1 aliphatic rings. The maximum atomic E-state index is 13.0. The smallest absolute Gasteiger partial charge is 0.267 e. The van der Waals surface area contributed by atoms with Crippen molar-refractivity contribution in [1.82, 2.24) is 19.4 Å². The number of hydrogen-bond acceptors (Lipinski definition) is 5. The molecule has 0 spiro atoms. The largest absolute Gasteiger partial charge is 0.335 e. The molecule has 0 N–H and O–H groups in total. The Labute approximate surface area is 158 Å². The van der Waals surface area contributed by atoms with E-state index in [1.165, 1.54) is 0 Å². The minimum atomic E-state index is -0.0512. The maximum Gasteiger partial charge on any atom is 0.267 e. The quantitative estimate of drug-likeness (QED) is 0.809. The number of nitrogens with zero attached hydrogens (tertiary/aromatic N) is 4. The fraction of sp³-hybridized carbons (Fsp3) is 0.474. The van der Waals surface area contributed by atoms with E-state index in [1.807, 2.05) is 42.2 Å². The van der Waals surface area contributed by atoms with Crippen molar-refractivity contribution in [2.24, 2.45) is 0 Å². The first-order valence-electron chi connectivity index (χ1n) is 9.07. The van der Waals surface area contributed by atoms with Crippen LogP contribution in [0.2, 0.25) is 0 Å². The SMILES string of the molecule is CCc1nnsc1C(=O)N1CCC(=O)N(Cc2ccccc2)C(CC)C1. The van der Waals surface area contributed by atoms with E-state index in [0.29, 0.717) is 37.4 Å². The van der Waals surface area contributed by atoms with Crippen LogP contribution in [0.15, 0.2) is 30.3 Å². The first-order chi connectivity index (χ1) is 12.6. The van der Waals surface area contributed by atoms with Crippen molar-refractivity contribution in [1.29, 1.82) is 0 Å². The molecule has 1 aromatic carbocycles. The van der Waals surface area contributed by atoms with Gasteiger partial charge in [0, 0.05) is 32.1 Å². The molecule has 0 aliphatic carbocycles. The Bertz CT molecular complexity index is 762. The molecule has 0 bridgehead atoms. The predicted molar refractivity (Wildman–Crippen MR) is 101 cm³/mol. The number of hydrogen-bond donors (Lipinski definition) is 0. The van der Waals surface area contributed by atoms with Gasteiger partial charge in [-0.25, -0.2) is 0 Å². The fourth-order valence-electron chi connectivity index (χ4n) is 3.30. The lowest BCUT2D eigenvalue weighted by atomic mass is 10.1. The first-order valence-corrected chi connectivity index (χ1v) is 9.85. The summed E-state index contributed by atoms with van der Waals surface area (Å²) in [5.74, 6) is 0.0545. The fourth-order valence-corrected chi connectivity index (χ4v) is 4.02. The van der Waals surface area contributed by atoms with Gasteiger partial charge in [-0.1, -0.05) is 48.7 Å². The topological polar surface area (TPSA) is 66.4 Å². The third-order valence-corrected chi connectivity index (χ3v) is 5.58. The van der Waals surface area contributed by atoms with Crippen molar-refractivity contribution in [2.75, 3.05) is 13.1 Å². The Morgan fingerprint density at radius 2 is 2.04 bits per heavy atom. The Morgan fingerprint density at radius 1 is 1.27 bits per heavy atom. The lowest BCUT2D eigenvalue weighted by Crippen LogP contribution is -2.43. The van der Waals surface area contributed by atoms with Crippen LogP contribution in [-0.4, -0.2) is 50.3 Å². The normalized spacial score (nSPS) is 18.1. The van der Waals surface area contributed by atoms with Gasteiger partial charge in [-0.05, 0) is 29.9 Å². The molecule has 1 fully saturated rings. The highest BCUT2D eigenvalue weighted by Gasteiger charge is 2.32. The summed E-state index contributed by atoms with van der Waals surface area (Å²) >= 11 is 1.14.